The fourth-order valence-corrected chi connectivity index (χ4v) is 2.95. The van der Waals surface area contributed by atoms with Crippen LogP contribution in [0.4, 0.5) is 5.69 Å². The van der Waals surface area contributed by atoms with Crippen molar-refractivity contribution in [2.75, 3.05) is 19.5 Å². The maximum absolute atomic E-state index is 12.7. The number of carbonyl (C=O) groups excluding carboxylic acids is 2. The third-order valence-corrected chi connectivity index (χ3v) is 4.38. The SMILES string of the molecule is COC(=O)c1ccccc1NC(=O)c1cc(-c2ccc(OC)c(C)c2)n(C)n1. The molecule has 0 saturated heterocycles. The van der Waals surface area contributed by atoms with Crippen LogP contribution in [0.2, 0.25) is 0 Å². The summed E-state index contributed by atoms with van der Waals surface area (Å²) in [6, 6.07) is 14.1. The van der Waals surface area contributed by atoms with E-state index >= 15 is 0 Å². The van der Waals surface area contributed by atoms with E-state index in [0.717, 1.165) is 22.6 Å². The van der Waals surface area contributed by atoms with Crippen molar-refractivity contribution in [2.45, 2.75) is 6.92 Å². The van der Waals surface area contributed by atoms with Crippen LogP contribution in [0.25, 0.3) is 11.3 Å². The van der Waals surface area contributed by atoms with Gasteiger partial charge in [-0.25, -0.2) is 4.79 Å². The predicted molar refractivity (Wildman–Crippen MR) is 106 cm³/mol. The van der Waals surface area contributed by atoms with Crippen molar-refractivity contribution in [1.29, 1.82) is 0 Å². The molecular weight excluding hydrogens is 358 g/mol. The van der Waals surface area contributed by atoms with E-state index in [9.17, 15) is 9.59 Å². The van der Waals surface area contributed by atoms with E-state index in [2.05, 4.69) is 10.4 Å². The minimum Gasteiger partial charge on any atom is -0.496 e. The van der Waals surface area contributed by atoms with Crippen molar-refractivity contribution in [1.82, 2.24) is 9.78 Å². The Labute approximate surface area is 162 Å². The Morgan fingerprint density at radius 3 is 2.50 bits per heavy atom. The number of anilines is 1. The van der Waals surface area contributed by atoms with Crippen LogP contribution < -0.4 is 10.1 Å². The normalized spacial score (nSPS) is 10.4. The fraction of sp³-hybridized carbons (Fsp3) is 0.190. The van der Waals surface area contributed by atoms with Crippen molar-refractivity contribution in [3.05, 3.63) is 65.4 Å². The lowest BCUT2D eigenvalue weighted by atomic mass is 10.1. The lowest BCUT2D eigenvalue weighted by Gasteiger charge is -2.08. The molecular formula is C21H21N3O4. The second-order valence-electron chi connectivity index (χ2n) is 6.21. The summed E-state index contributed by atoms with van der Waals surface area (Å²) in [7, 11) is 4.69. The number of amides is 1. The number of carbonyl (C=O) groups is 2. The lowest BCUT2D eigenvalue weighted by Crippen LogP contribution is -2.16. The Kier molecular flexibility index (Phi) is 5.44. The number of rotatable bonds is 5. The molecule has 0 aliphatic rings. The molecule has 0 unspecified atom stereocenters. The van der Waals surface area contributed by atoms with E-state index in [-0.39, 0.29) is 11.3 Å². The van der Waals surface area contributed by atoms with Gasteiger partial charge in [0.05, 0.1) is 31.2 Å². The van der Waals surface area contributed by atoms with Crippen molar-refractivity contribution >= 4 is 17.6 Å². The molecule has 0 aliphatic heterocycles. The Morgan fingerprint density at radius 2 is 1.82 bits per heavy atom. The Hall–Kier alpha value is -3.61. The van der Waals surface area contributed by atoms with Gasteiger partial charge in [-0.05, 0) is 48.9 Å². The highest BCUT2D eigenvalue weighted by Crippen LogP contribution is 2.26. The largest absolute Gasteiger partial charge is 0.496 e. The third kappa shape index (κ3) is 3.73. The number of hydrogen-bond donors (Lipinski definition) is 1. The average Bonchev–Trinajstić information content (AvgIpc) is 3.09. The van der Waals surface area contributed by atoms with Gasteiger partial charge in [0.1, 0.15) is 5.75 Å². The van der Waals surface area contributed by atoms with E-state index in [1.54, 1.807) is 49.2 Å². The van der Waals surface area contributed by atoms with Gasteiger partial charge in [0.15, 0.2) is 5.69 Å². The molecule has 3 rings (SSSR count). The highest BCUT2D eigenvalue weighted by Gasteiger charge is 2.18. The molecule has 0 aliphatic carbocycles. The number of benzene rings is 2. The number of methoxy groups -OCH3 is 2. The van der Waals surface area contributed by atoms with Crippen LogP contribution in [0.15, 0.2) is 48.5 Å². The van der Waals surface area contributed by atoms with E-state index < -0.39 is 11.9 Å². The molecule has 0 spiro atoms. The first kappa shape index (κ1) is 19.2. The number of ether oxygens (including phenoxy) is 2. The van der Waals surface area contributed by atoms with Crippen molar-refractivity contribution < 1.29 is 19.1 Å². The molecule has 1 aromatic heterocycles. The van der Waals surface area contributed by atoms with Gasteiger partial charge in [-0.3, -0.25) is 9.48 Å². The quantitative estimate of drug-likeness (QED) is 0.687. The average molecular weight is 379 g/mol. The van der Waals surface area contributed by atoms with Gasteiger partial charge in [0.25, 0.3) is 5.91 Å². The maximum atomic E-state index is 12.7. The first-order valence-electron chi connectivity index (χ1n) is 8.62. The smallest absolute Gasteiger partial charge is 0.339 e. The number of nitrogens with one attached hydrogen (secondary N) is 1. The predicted octanol–water partition coefficient (Wildman–Crippen LogP) is 3.44. The molecule has 1 amide bonds. The summed E-state index contributed by atoms with van der Waals surface area (Å²) >= 11 is 0. The number of aromatic nitrogens is 2. The van der Waals surface area contributed by atoms with Crippen LogP contribution in [0.1, 0.15) is 26.4 Å². The molecule has 28 heavy (non-hydrogen) atoms. The molecule has 0 saturated carbocycles. The van der Waals surface area contributed by atoms with E-state index in [0.29, 0.717) is 5.69 Å². The monoisotopic (exact) mass is 379 g/mol. The summed E-state index contributed by atoms with van der Waals surface area (Å²) < 4.78 is 11.7. The summed E-state index contributed by atoms with van der Waals surface area (Å²) in [6.45, 7) is 1.95. The minimum atomic E-state index is -0.522. The van der Waals surface area contributed by atoms with Crippen LogP contribution in [0.5, 0.6) is 5.75 Å². The van der Waals surface area contributed by atoms with Gasteiger partial charge < -0.3 is 14.8 Å². The summed E-state index contributed by atoms with van der Waals surface area (Å²) in [5.41, 5.74) is 3.58. The van der Waals surface area contributed by atoms with E-state index in [4.69, 9.17) is 9.47 Å². The van der Waals surface area contributed by atoms with Gasteiger partial charge in [-0.15, -0.1) is 0 Å². The summed E-state index contributed by atoms with van der Waals surface area (Å²) in [5, 5.41) is 7.04. The molecule has 2 aromatic carbocycles. The standard InChI is InChI=1S/C21H21N3O4/c1-13-11-14(9-10-19(13)27-3)18-12-17(23-24(18)2)20(25)22-16-8-6-5-7-15(16)21(26)28-4/h5-12H,1-4H3,(H,22,25). The number of para-hydroxylation sites is 1. The summed E-state index contributed by atoms with van der Waals surface area (Å²) in [6.07, 6.45) is 0. The van der Waals surface area contributed by atoms with Crippen LogP contribution >= 0.6 is 0 Å². The molecule has 1 N–H and O–H groups in total. The van der Waals surface area contributed by atoms with Gasteiger partial charge in [0.2, 0.25) is 0 Å². The molecule has 3 aromatic rings. The first-order valence-corrected chi connectivity index (χ1v) is 8.62. The number of esters is 1. The molecule has 144 valence electrons. The number of nitrogens with zero attached hydrogens (tertiary/aromatic N) is 2. The Morgan fingerprint density at radius 1 is 1.07 bits per heavy atom. The second-order valence-corrected chi connectivity index (χ2v) is 6.21. The molecule has 0 atom stereocenters. The molecule has 1 heterocycles. The fourth-order valence-electron chi connectivity index (χ4n) is 2.95. The molecule has 7 heteroatoms. The maximum Gasteiger partial charge on any atom is 0.339 e. The van der Waals surface area contributed by atoms with Gasteiger partial charge in [0, 0.05) is 12.6 Å². The van der Waals surface area contributed by atoms with Crippen LogP contribution in [0, 0.1) is 6.92 Å². The van der Waals surface area contributed by atoms with Gasteiger partial charge in [-0.1, -0.05) is 12.1 Å². The van der Waals surface area contributed by atoms with Crippen molar-refractivity contribution in [3.63, 3.8) is 0 Å². The number of aryl methyl sites for hydroxylation is 2. The first-order chi connectivity index (χ1) is 13.4. The summed E-state index contributed by atoms with van der Waals surface area (Å²) in [4.78, 5) is 24.6. The highest BCUT2D eigenvalue weighted by molar-refractivity contribution is 6.07. The van der Waals surface area contributed by atoms with Crippen molar-refractivity contribution in [2.24, 2.45) is 7.05 Å². The molecule has 7 nitrogen and oxygen atoms in total. The zero-order valence-corrected chi connectivity index (χ0v) is 16.1. The summed E-state index contributed by atoms with van der Waals surface area (Å²) in [5.74, 6) is -0.141. The zero-order valence-electron chi connectivity index (χ0n) is 16.1. The molecule has 0 bridgehead atoms. The van der Waals surface area contributed by atoms with E-state index in [1.165, 1.54) is 7.11 Å². The van der Waals surface area contributed by atoms with Gasteiger partial charge in [-0.2, -0.15) is 5.10 Å². The molecule has 0 fully saturated rings. The van der Waals surface area contributed by atoms with Gasteiger partial charge >= 0.3 is 5.97 Å². The second kappa shape index (κ2) is 7.96. The Balaban J connectivity index is 1.88. The Bertz CT molecular complexity index is 1040. The molecule has 0 radical (unpaired) electrons. The number of hydrogen-bond acceptors (Lipinski definition) is 5. The van der Waals surface area contributed by atoms with Crippen molar-refractivity contribution in [3.8, 4) is 17.0 Å². The third-order valence-electron chi connectivity index (χ3n) is 4.38. The lowest BCUT2D eigenvalue weighted by molar-refractivity contribution is 0.0602. The van der Waals surface area contributed by atoms with E-state index in [1.807, 2.05) is 25.1 Å². The highest BCUT2D eigenvalue weighted by atomic mass is 16.5. The zero-order chi connectivity index (χ0) is 20.3. The minimum absolute atomic E-state index is 0.241. The topological polar surface area (TPSA) is 82.5 Å². The van der Waals surface area contributed by atoms with Crippen LogP contribution in [-0.4, -0.2) is 35.9 Å². The van der Waals surface area contributed by atoms with Crippen LogP contribution in [-0.2, 0) is 11.8 Å². The van der Waals surface area contributed by atoms with Crippen LogP contribution in [0.3, 0.4) is 0 Å².